The number of thioether (sulfide) groups is 1. The van der Waals surface area contributed by atoms with E-state index in [1.807, 2.05) is 30.5 Å². The highest BCUT2D eigenvalue weighted by Gasteiger charge is 2.36. The Balaban J connectivity index is 1.25. The molecule has 32 heavy (non-hydrogen) atoms. The Bertz CT molecular complexity index is 978. The first-order chi connectivity index (χ1) is 15.4. The molecule has 2 aliphatic rings. The number of piperidine rings is 1. The van der Waals surface area contributed by atoms with E-state index < -0.39 is 11.6 Å². The SMILES string of the molecule is CSc1ccc(N2CC(C(=O)NC3CCN(Cc4ccc(F)c(F)c4)CC3)CC2=O)cc1. The molecule has 2 amide bonds. The molecule has 2 aromatic carbocycles. The van der Waals surface area contributed by atoms with Gasteiger partial charge in [0.25, 0.3) is 0 Å². The average molecular weight is 460 g/mol. The maximum Gasteiger partial charge on any atom is 0.227 e. The molecule has 0 aromatic heterocycles. The van der Waals surface area contributed by atoms with Crippen LogP contribution in [0.2, 0.25) is 0 Å². The maximum absolute atomic E-state index is 13.4. The smallest absolute Gasteiger partial charge is 0.227 e. The van der Waals surface area contributed by atoms with Crippen LogP contribution in [-0.4, -0.2) is 48.6 Å². The van der Waals surface area contributed by atoms with Gasteiger partial charge in [0.15, 0.2) is 11.6 Å². The first kappa shape index (κ1) is 22.7. The van der Waals surface area contributed by atoms with Gasteiger partial charge in [-0.2, -0.15) is 0 Å². The number of hydrogen-bond acceptors (Lipinski definition) is 4. The van der Waals surface area contributed by atoms with Crippen LogP contribution in [0.4, 0.5) is 14.5 Å². The average Bonchev–Trinajstić information content (AvgIpc) is 3.19. The fraction of sp³-hybridized carbons (Fsp3) is 0.417. The van der Waals surface area contributed by atoms with Crippen LogP contribution in [0, 0.1) is 17.6 Å². The molecule has 0 saturated carbocycles. The summed E-state index contributed by atoms with van der Waals surface area (Å²) in [5, 5.41) is 3.12. The number of benzene rings is 2. The first-order valence-electron chi connectivity index (χ1n) is 10.8. The molecule has 0 spiro atoms. The topological polar surface area (TPSA) is 52.7 Å². The van der Waals surface area contributed by atoms with E-state index in [9.17, 15) is 18.4 Å². The monoisotopic (exact) mass is 459 g/mol. The summed E-state index contributed by atoms with van der Waals surface area (Å²) in [5.74, 6) is -2.10. The lowest BCUT2D eigenvalue weighted by atomic mass is 10.0. The highest BCUT2D eigenvalue weighted by Crippen LogP contribution is 2.27. The molecule has 1 unspecified atom stereocenters. The molecule has 4 rings (SSSR count). The molecule has 170 valence electrons. The zero-order valence-electron chi connectivity index (χ0n) is 18.0. The number of nitrogens with one attached hydrogen (secondary N) is 1. The van der Waals surface area contributed by atoms with E-state index in [1.54, 1.807) is 22.7 Å². The summed E-state index contributed by atoms with van der Waals surface area (Å²) in [6.45, 7) is 2.49. The van der Waals surface area contributed by atoms with E-state index in [-0.39, 0.29) is 30.2 Å². The van der Waals surface area contributed by atoms with Crippen LogP contribution in [0.15, 0.2) is 47.4 Å². The molecule has 2 heterocycles. The van der Waals surface area contributed by atoms with Gasteiger partial charge in [0.2, 0.25) is 11.8 Å². The van der Waals surface area contributed by atoms with Crippen molar-refractivity contribution in [2.45, 2.75) is 36.7 Å². The minimum absolute atomic E-state index is 0.0246. The van der Waals surface area contributed by atoms with Gasteiger partial charge in [-0.3, -0.25) is 14.5 Å². The standard InChI is InChI=1S/C24H27F2N3O2S/c1-32-20-5-3-19(4-6-20)29-15-17(13-23(29)30)24(31)27-18-8-10-28(11-9-18)14-16-2-7-21(25)22(26)12-16/h2-7,12,17-18H,8-11,13-15H2,1H3,(H,27,31). The molecule has 0 bridgehead atoms. The van der Waals surface area contributed by atoms with E-state index in [4.69, 9.17) is 0 Å². The number of carbonyl (C=O) groups excluding carboxylic acids is 2. The van der Waals surface area contributed by atoms with Crippen LogP contribution in [0.1, 0.15) is 24.8 Å². The normalized spacial score (nSPS) is 20.0. The summed E-state index contributed by atoms with van der Waals surface area (Å²) in [4.78, 5) is 30.3. The van der Waals surface area contributed by atoms with E-state index in [0.29, 0.717) is 13.1 Å². The molecule has 2 saturated heterocycles. The minimum atomic E-state index is -0.837. The third-order valence-electron chi connectivity index (χ3n) is 6.20. The van der Waals surface area contributed by atoms with Crippen molar-refractivity contribution in [2.24, 2.45) is 5.92 Å². The van der Waals surface area contributed by atoms with Crippen LogP contribution < -0.4 is 10.2 Å². The number of likely N-dealkylation sites (tertiary alicyclic amines) is 1. The molecular weight excluding hydrogens is 432 g/mol. The fourth-order valence-electron chi connectivity index (χ4n) is 4.35. The Morgan fingerprint density at radius 1 is 1.09 bits per heavy atom. The highest BCUT2D eigenvalue weighted by molar-refractivity contribution is 7.98. The molecule has 0 aliphatic carbocycles. The second-order valence-corrected chi connectivity index (χ2v) is 9.29. The number of halogens is 2. The largest absolute Gasteiger partial charge is 0.353 e. The Morgan fingerprint density at radius 3 is 2.47 bits per heavy atom. The molecule has 1 N–H and O–H groups in total. The quantitative estimate of drug-likeness (QED) is 0.668. The van der Waals surface area contributed by atoms with Crippen LogP contribution in [-0.2, 0) is 16.1 Å². The zero-order valence-corrected chi connectivity index (χ0v) is 18.8. The number of anilines is 1. The van der Waals surface area contributed by atoms with Crippen molar-refractivity contribution in [3.8, 4) is 0 Å². The van der Waals surface area contributed by atoms with Crippen molar-refractivity contribution in [1.29, 1.82) is 0 Å². The predicted octanol–water partition coefficient (Wildman–Crippen LogP) is 3.82. The molecule has 1 atom stereocenters. The van der Waals surface area contributed by atoms with Crippen molar-refractivity contribution in [3.63, 3.8) is 0 Å². The van der Waals surface area contributed by atoms with Crippen molar-refractivity contribution in [2.75, 3.05) is 30.8 Å². The number of amides is 2. The molecule has 2 aliphatic heterocycles. The summed E-state index contributed by atoms with van der Waals surface area (Å²) in [7, 11) is 0. The number of rotatable bonds is 6. The molecule has 5 nitrogen and oxygen atoms in total. The van der Waals surface area contributed by atoms with E-state index in [1.165, 1.54) is 6.07 Å². The Labute approximate surface area is 191 Å². The van der Waals surface area contributed by atoms with Crippen LogP contribution in [0.25, 0.3) is 0 Å². The van der Waals surface area contributed by atoms with E-state index >= 15 is 0 Å². The Kier molecular flexibility index (Phi) is 7.10. The lowest BCUT2D eigenvalue weighted by Crippen LogP contribution is -2.46. The predicted molar refractivity (Wildman–Crippen MR) is 121 cm³/mol. The summed E-state index contributed by atoms with van der Waals surface area (Å²) < 4.78 is 26.5. The molecule has 2 aromatic rings. The van der Waals surface area contributed by atoms with Gasteiger partial charge in [0.05, 0.1) is 5.92 Å². The maximum atomic E-state index is 13.4. The lowest BCUT2D eigenvalue weighted by molar-refractivity contribution is -0.127. The number of carbonyl (C=O) groups is 2. The van der Waals surface area contributed by atoms with Crippen molar-refractivity contribution in [1.82, 2.24) is 10.2 Å². The summed E-state index contributed by atoms with van der Waals surface area (Å²) in [5.41, 5.74) is 1.56. The molecule has 0 radical (unpaired) electrons. The van der Waals surface area contributed by atoms with Gasteiger partial charge in [-0.15, -0.1) is 11.8 Å². The van der Waals surface area contributed by atoms with Gasteiger partial charge in [-0.05, 0) is 61.1 Å². The van der Waals surface area contributed by atoms with Crippen LogP contribution >= 0.6 is 11.8 Å². The highest BCUT2D eigenvalue weighted by atomic mass is 32.2. The molecular formula is C24H27F2N3O2S. The summed E-state index contributed by atoms with van der Waals surface area (Å²) in [6.07, 6.45) is 3.81. The van der Waals surface area contributed by atoms with Gasteiger partial charge < -0.3 is 10.2 Å². The van der Waals surface area contributed by atoms with Gasteiger partial charge in [-0.1, -0.05) is 6.07 Å². The number of nitrogens with zero attached hydrogens (tertiary/aromatic N) is 2. The van der Waals surface area contributed by atoms with Gasteiger partial charge in [-0.25, -0.2) is 8.78 Å². The number of hydrogen-bond donors (Lipinski definition) is 1. The zero-order chi connectivity index (χ0) is 22.7. The van der Waals surface area contributed by atoms with Crippen molar-refractivity contribution in [3.05, 3.63) is 59.7 Å². The molecule has 8 heteroatoms. The third kappa shape index (κ3) is 5.30. The van der Waals surface area contributed by atoms with Crippen LogP contribution in [0.3, 0.4) is 0 Å². The van der Waals surface area contributed by atoms with E-state index in [0.717, 1.165) is 48.1 Å². The van der Waals surface area contributed by atoms with Crippen LogP contribution in [0.5, 0.6) is 0 Å². The first-order valence-corrected chi connectivity index (χ1v) is 12.1. The third-order valence-corrected chi connectivity index (χ3v) is 6.95. The van der Waals surface area contributed by atoms with Crippen molar-refractivity contribution < 1.29 is 18.4 Å². The second-order valence-electron chi connectivity index (χ2n) is 8.41. The Morgan fingerprint density at radius 2 is 1.81 bits per heavy atom. The fourth-order valence-corrected chi connectivity index (χ4v) is 4.75. The summed E-state index contributed by atoms with van der Waals surface area (Å²) in [6, 6.07) is 11.9. The van der Waals surface area contributed by atoms with Crippen molar-refractivity contribution >= 4 is 29.3 Å². The Hall–Kier alpha value is -2.45. The second kappa shape index (κ2) is 10.0. The minimum Gasteiger partial charge on any atom is -0.353 e. The van der Waals surface area contributed by atoms with E-state index in [2.05, 4.69) is 10.2 Å². The van der Waals surface area contributed by atoms with Gasteiger partial charge >= 0.3 is 0 Å². The lowest BCUT2D eigenvalue weighted by Gasteiger charge is -2.32. The molecule has 2 fully saturated rings. The van der Waals surface area contributed by atoms with Gasteiger partial charge in [0, 0.05) is 49.2 Å². The summed E-state index contributed by atoms with van der Waals surface area (Å²) >= 11 is 1.64. The van der Waals surface area contributed by atoms with Gasteiger partial charge in [0.1, 0.15) is 0 Å².